The van der Waals surface area contributed by atoms with E-state index in [1.807, 2.05) is 0 Å². The van der Waals surface area contributed by atoms with E-state index in [-0.39, 0.29) is 0 Å². The molecular weight excluding hydrogens is 156 g/mol. The van der Waals surface area contributed by atoms with E-state index in [0.29, 0.717) is 0 Å². The maximum absolute atomic E-state index is 2.31. The second-order valence-electron chi connectivity index (χ2n) is 3.87. The highest BCUT2D eigenvalue weighted by atomic mass is 14.2. The first-order valence-corrected chi connectivity index (χ1v) is 4.86. The zero-order valence-corrected chi connectivity index (χ0v) is 7.80. The molecule has 0 bridgehead atoms. The first-order chi connectivity index (χ1) is 6.36. The molecule has 0 saturated carbocycles. The number of aryl methyl sites for hydroxylation is 2. The summed E-state index contributed by atoms with van der Waals surface area (Å²) in [5, 5.41) is 2.87. The van der Waals surface area contributed by atoms with Crippen LogP contribution in [-0.2, 0) is 12.8 Å². The van der Waals surface area contributed by atoms with Crippen molar-refractivity contribution in [3.8, 4) is 0 Å². The smallest absolute Gasteiger partial charge is 0.0149 e. The first-order valence-electron chi connectivity index (χ1n) is 4.86. The fraction of sp³-hybridized carbons (Fsp3) is 0.231. The molecule has 0 amide bonds. The lowest BCUT2D eigenvalue weighted by Gasteiger charge is -2.23. The largest absolute Gasteiger partial charge is 0.0616 e. The van der Waals surface area contributed by atoms with Gasteiger partial charge in [0.15, 0.2) is 0 Å². The third-order valence-electron chi connectivity index (χ3n) is 3.12. The van der Waals surface area contributed by atoms with Crippen molar-refractivity contribution in [2.45, 2.75) is 19.8 Å². The molecule has 64 valence electrons. The van der Waals surface area contributed by atoms with Crippen LogP contribution in [0, 0.1) is 6.92 Å². The maximum atomic E-state index is 2.31. The minimum atomic E-state index is 1.28. The van der Waals surface area contributed by atoms with Gasteiger partial charge in [0.25, 0.3) is 0 Å². The summed E-state index contributed by atoms with van der Waals surface area (Å²) >= 11 is 0. The summed E-state index contributed by atoms with van der Waals surface area (Å²) < 4.78 is 0. The minimum absolute atomic E-state index is 1.28. The molecule has 13 heavy (non-hydrogen) atoms. The van der Waals surface area contributed by atoms with E-state index >= 15 is 0 Å². The van der Waals surface area contributed by atoms with Gasteiger partial charge in [0.05, 0.1) is 0 Å². The molecule has 0 radical (unpaired) electrons. The minimum Gasteiger partial charge on any atom is -0.0616 e. The Hall–Kier alpha value is -1.30. The van der Waals surface area contributed by atoms with Crippen molar-refractivity contribution in [2.24, 2.45) is 0 Å². The quantitative estimate of drug-likeness (QED) is 0.566. The molecule has 1 aliphatic carbocycles. The monoisotopic (exact) mass is 168 g/mol. The summed E-state index contributed by atoms with van der Waals surface area (Å²) in [6.45, 7) is 2.23. The normalized spacial score (nSPS) is 13.9. The molecule has 0 atom stereocenters. The molecule has 2 aromatic rings. The molecule has 0 N–H and O–H groups in total. The maximum Gasteiger partial charge on any atom is -0.0149 e. The highest BCUT2D eigenvalue weighted by Gasteiger charge is 2.17. The van der Waals surface area contributed by atoms with Gasteiger partial charge in [0, 0.05) is 0 Å². The Bertz CT molecular complexity index is 481. The summed E-state index contributed by atoms with van der Waals surface area (Å²) in [5.41, 5.74) is 4.66. The second kappa shape index (κ2) is 2.35. The van der Waals surface area contributed by atoms with Crippen LogP contribution in [0.5, 0.6) is 0 Å². The molecule has 0 aliphatic heterocycles. The van der Waals surface area contributed by atoms with E-state index in [4.69, 9.17) is 0 Å². The summed E-state index contributed by atoms with van der Waals surface area (Å²) in [6.07, 6.45) is 2.56. The molecule has 0 saturated heterocycles. The van der Waals surface area contributed by atoms with Crippen LogP contribution < -0.4 is 0 Å². The van der Waals surface area contributed by atoms with Gasteiger partial charge in [-0.15, -0.1) is 0 Å². The number of fused-ring (bicyclic) bond motifs is 3. The molecule has 2 aromatic carbocycles. The van der Waals surface area contributed by atoms with Crippen LogP contribution >= 0.6 is 0 Å². The van der Waals surface area contributed by atoms with Crippen molar-refractivity contribution in [3.05, 3.63) is 47.0 Å². The third-order valence-corrected chi connectivity index (χ3v) is 3.12. The van der Waals surface area contributed by atoms with Gasteiger partial charge < -0.3 is 0 Å². The van der Waals surface area contributed by atoms with Crippen LogP contribution in [0.4, 0.5) is 0 Å². The average Bonchev–Trinajstić information content (AvgIpc) is 2.04. The fourth-order valence-electron chi connectivity index (χ4n) is 2.33. The lowest BCUT2D eigenvalue weighted by molar-refractivity contribution is 0.840. The summed E-state index contributed by atoms with van der Waals surface area (Å²) in [5.74, 6) is 0. The Morgan fingerprint density at radius 1 is 1.00 bits per heavy atom. The van der Waals surface area contributed by atoms with E-state index in [2.05, 4.69) is 37.3 Å². The predicted octanol–water partition coefficient (Wildman–Crippen LogP) is 3.25. The molecular formula is C13H12. The number of hydrogen-bond acceptors (Lipinski definition) is 0. The van der Waals surface area contributed by atoms with E-state index in [9.17, 15) is 0 Å². The zero-order chi connectivity index (χ0) is 8.84. The molecule has 0 unspecified atom stereocenters. The van der Waals surface area contributed by atoms with Crippen LogP contribution in [0.3, 0.4) is 0 Å². The molecule has 0 aromatic heterocycles. The Morgan fingerprint density at radius 2 is 1.77 bits per heavy atom. The molecule has 0 fully saturated rings. The Labute approximate surface area is 78.2 Å². The van der Waals surface area contributed by atoms with Gasteiger partial charge in [-0.2, -0.15) is 0 Å². The van der Waals surface area contributed by atoms with E-state index in [0.717, 1.165) is 0 Å². The summed E-state index contributed by atoms with van der Waals surface area (Å²) in [7, 11) is 0. The topological polar surface area (TPSA) is 0 Å². The first kappa shape index (κ1) is 7.14. The Morgan fingerprint density at radius 3 is 2.54 bits per heavy atom. The van der Waals surface area contributed by atoms with Gasteiger partial charge in [-0.05, 0) is 47.2 Å². The standard InChI is InChI=1S/C13H12/c1-9-8-10-4-2-3-5-12(10)13-7-6-11(9)13/h2-5,8H,6-7H2,1H3. The molecule has 0 nitrogen and oxygen atoms in total. The van der Waals surface area contributed by atoms with Crippen molar-refractivity contribution >= 4 is 10.8 Å². The summed E-state index contributed by atoms with van der Waals surface area (Å²) in [4.78, 5) is 0. The Balaban J connectivity index is 2.49. The second-order valence-corrected chi connectivity index (χ2v) is 3.87. The van der Waals surface area contributed by atoms with E-state index in [1.54, 1.807) is 11.1 Å². The van der Waals surface area contributed by atoms with Gasteiger partial charge >= 0.3 is 0 Å². The molecule has 1 aliphatic rings. The van der Waals surface area contributed by atoms with Crippen LogP contribution in [0.15, 0.2) is 30.3 Å². The van der Waals surface area contributed by atoms with Gasteiger partial charge in [-0.3, -0.25) is 0 Å². The number of rotatable bonds is 0. The molecule has 0 heterocycles. The van der Waals surface area contributed by atoms with Crippen molar-refractivity contribution in [1.29, 1.82) is 0 Å². The van der Waals surface area contributed by atoms with Crippen LogP contribution in [-0.4, -0.2) is 0 Å². The van der Waals surface area contributed by atoms with Crippen LogP contribution in [0.2, 0.25) is 0 Å². The SMILES string of the molecule is Cc1cc2ccccc2c2c1CC2. The van der Waals surface area contributed by atoms with Gasteiger partial charge in [0.1, 0.15) is 0 Å². The van der Waals surface area contributed by atoms with Crippen LogP contribution in [0.25, 0.3) is 10.8 Å². The summed E-state index contributed by atoms with van der Waals surface area (Å²) in [6, 6.07) is 11.0. The van der Waals surface area contributed by atoms with Gasteiger partial charge in [0.2, 0.25) is 0 Å². The Kier molecular flexibility index (Phi) is 1.29. The average molecular weight is 168 g/mol. The molecule has 3 rings (SSSR count). The van der Waals surface area contributed by atoms with Crippen LogP contribution in [0.1, 0.15) is 16.7 Å². The van der Waals surface area contributed by atoms with E-state index < -0.39 is 0 Å². The van der Waals surface area contributed by atoms with E-state index in [1.165, 1.54) is 29.2 Å². The highest BCUT2D eigenvalue weighted by Crippen LogP contribution is 2.33. The molecule has 0 spiro atoms. The van der Waals surface area contributed by atoms with Crippen molar-refractivity contribution < 1.29 is 0 Å². The van der Waals surface area contributed by atoms with Gasteiger partial charge in [-0.25, -0.2) is 0 Å². The molecule has 0 heteroatoms. The van der Waals surface area contributed by atoms with Crippen molar-refractivity contribution in [2.75, 3.05) is 0 Å². The number of hydrogen-bond donors (Lipinski definition) is 0. The fourth-order valence-corrected chi connectivity index (χ4v) is 2.33. The third kappa shape index (κ3) is 0.859. The van der Waals surface area contributed by atoms with Crippen molar-refractivity contribution in [1.82, 2.24) is 0 Å². The predicted molar refractivity (Wildman–Crippen MR) is 56.1 cm³/mol. The lowest BCUT2D eigenvalue weighted by atomic mass is 9.81. The zero-order valence-electron chi connectivity index (χ0n) is 7.80. The van der Waals surface area contributed by atoms with Crippen molar-refractivity contribution in [3.63, 3.8) is 0 Å². The van der Waals surface area contributed by atoms with Gasteiger partial charge in [-0.1, -0.05) is 30.3 Å². The highest BCUT2D eigenvalue weighted by molar-refractivity contribution is 5.89. The lowest BCUT2D eigenvalue weighted by Crippen LogP contribution is -2.10. The number of benzene rings is 2.